The van der Waals surface area contributed by atoms with Crippen molar-refractivity contribution in [3.05, 3.63) is 94.5 Å². The topological polar surface area (TPSA) is 212 Å². The van der Waals surface area contributed by atoms with Gasteiger partial charge in [-0.25, -0.2) is 5.48 Å². The van der Waals surface area contributed by atoms with E-state index in [0.717, 1.165) is 10.5 Å². The van der Waals surface area contributed by atoms with E-state index in [0.29, 0.717) is 75.3 Å². The van der Waals surface area contributed by atoms with Gasteiger partial charge in [0.1, 0.15) is 11.8 Å². The van der Waals surface area contributed by atoms with Crippen LogP contribution in [0.4, 0.5) is 5.69 Å². The number of imide groups is 2. The molecule has 1 unspecified atom stereocenters. The third kappa shape index (κ3) is 9.37. The number of fused-ring (bicyclic) bond motifs is 1. The number of hydroxylamine groups is 1. The minimum atomic E-state index is -1.03. The summed E-state index contributed by atoms with van der Waals surface area (Å²) in [5.41, 5.74) is 3.89. The van der Waals surface area contributed by atoms with Gasteiger partial charge < -0.3 is 20.7 Å². The van der Waals surface area contributed by atoms with E-state index in [1.807, 2.05) is 24.3 Å². The van der Waals surface area contributed by atoms with Crippen LogP contribution in [-0.4, -0.2) is 83.7 Å². The zero-order valence-corrected chi connectivity index (χ0v) is 28.4. The summed E-state index contributed by atoms with van der Waals surface area (Å²) in [6, 6.07) is 17.4. The Hall–Kier alpha value is -6.09. The molecular weight excluding hydrogens is 672 g/mol. The third-order valence-electron chi connectivity index (χ3n) is 8.64. The first-order valence-electron chi connectivity index (χ1n) is 17.1. The van der Waals surface area contributed by atoms with Crippen LogP contribution in [-0.2, 0) is 20.8 Å². The molecule has 0 saturated carbocycles. The van der Waals surface area contributed by atoms with E-state index < -0.39 is 35.6 Å². The van der Waals surface area contributed by atoms with Gasteiger partial charge in [0.15, 0.2) is 0 Å². The molecule has 52 heavy (non-hydrogen) atoms. The van der Waals surface area contributed by atoms with Gasteiger partial charge in [0.05, 0.1) is 17.7 Å². The molecule has 5 rings (SSSR count). The molecule has 3 aromatic rings. The molecule has 7 amide bonds. The minimum Gasteiger partial charge on any atom is -0.494 e. The molecule has 2 aliphatic heterocycles. The third-order valence-corrected chi connectivity index (χ3v) is 8.64. The Balaban J connectivity index is 0.931. The largest absolute Gasteiger partial charge is 0.494 e. The van der Waals surface area contributed by atoms with Crippen LogP contribution in [0, 0.1) is 0 Å². The average Bonchev–Trinajstić information content (AvgIpc) is 3.40. The highest BCUT2D eigenvalue weighted by atomic mass is 16.5. The first kappa shape index (κ1) is 37.2. The molecule has 0 aromatic heterocycles. The number of benzene rings is 3. The van der Waals surface area contributed by atoms with Crippen LogP contribution in [0.1, 0.15) is 85.5 Å². The number of rotatable bonds is 17. The molecule has 1 atom stereocenters. The van der Waals surface area contributed by atoms with Crippen molar-refractivity contribution in [2.45, 2.75) is 51.0 Å². The number of hydrogen-bond acceptors (Lipinski definition) is 10. The molecular formula is C37H40N6O9. The fourth-order valence-electron chi connectivity index (χ4n) is 5.91. The fraction of sp³-hybridized carbons (Fsp3) is 0.324. The Kier molecular flexibility index (Phi) is 12.7. The average molecular weight is 713 g/mol. The molecule has 1 fully saturated rings. The second kappa shape index (κ2) is 17.7. The number of anilines is 1. The standard InChI is InChI=1S/C37H40N6O9/c44-30(39-19-5-18-38-28-9-4-8-27-32(28)37(50)43(36(27)49)29-15-16-31(45)41-35(29)48)10-1-2-21-52-26-13-11-23(12-14-26)17-20-40-33(46)24-6-3-7-25(22-24)34(47)42-51/h3-4,6-9,11-14,22,29,38,51H,1-2,5,10,15-21H2,(H,39,44)(H,40,46)(H,42,47)(H,41,45,48). The van der Waals surface area contributed by atoms with E-state index in [2.05, 4.69) is 21.3 Å². The number of hydrogen-bond donors (Lipinski definition) is 6. The molecule has 2 heterocycles. The van der Waals surface area contributed by atoms with Gasteiger partial charge in [0.2, 0.25) is 17.7 Å². The SMILES string of the molecule is O=C(CCCCOc1ccc(CCNC(=O)c2cccc(C(=O)NO)c2)cc1)NCCCNc1cccc2c1C(=O)N(C1CCC(=O)NC1=O)C2=O. The fourth-order valence-corrected chi connectivity index (χ4v) is 5.91. The van der Waals surface area contributed by atoms with E-state index >= 15 is 0 Å². The van der Waals surface area contributed by atoms with E-state index in [1.54, 1.807) is 29.7 Å². The number of nitrogens with one attached hydrogen (secondary N) is 5. The van der Waals surface area contributed by atoms with Crippen molar-refractivity contribution < 1.29 is 43.5 Å². The quantitative estimate of drug-likeness (QED) is 0.0520. The van der Waals surface area contributed by atoms with Crippen molar-refractivity contribution in [3.8, 4) is 5.75 Å². The van der Waals surface area contributed by atoms with Crippen molar-refractivity contribution in [2.75, 3.05) is 31.6 Å². The van der Waals surface area contributed by atoms with Gasteiger partial charge in [-0.05, 0) is 80.1 Å². The first-order chi connectivity index (χ1) is 25.2. The molecule has 3 aromatic carbocycles. The van der Waals surface area contributed by atoms with E-state index in [4.69, 9.17) is 9.94 Å². The highest BCUT2D eigenvalue weighted by Crippen LogP contribution is 2.32. The molecule has 0 spiro atoms. The second-order valence-electron chi connectivity index (χ2n) is 12.3. The van der Waals surface area contributed by atoms with Gasteiger partial charge in [-0.15, -0.1) is 0 Å². The number of unbranched alkanes of at least 4 members (excludes halogenated alkanes) is 1. The van der Waals surface area contributed by atoms with Crippen LogP contribution in [0.25, 0.3) is 0 Å². The van der Waals surface area contributed by atoms with Crippen molar-refractivity contribution in [2.24, 2.45) is 0 Å². The molecule has 6 N–H and O–H groups in total. The maximum absolute atomic E-state index is 13.2. The maximum Gasteiger partial charge on any atom is 0.274 e. The Labute approximate surface area is 299 Å². The lowest BCUT2D eigenvalue weighted by molar-refractivity contribution is -0.136. The van der Waals surface area contributed by atoms with Crippen molar-refractivity contribution in [1.29, 1.82) is 0 Å². The lowest BCUT2D eigenvalue weighted by atomic mass is 10.0. The molecule has 0 bridgehead atoms. The normalized spacial score (nSPS) is 15.1. The van der Waals surface area contributed by atoms with Gasteiger partial charge in [0, 0.05) is 49.3 Å². The van der Waals surface area contributed by atoms with Crippen molar-refractivity contribution in [3.63, 3.8) is 0 Å². The molecule has 2 aliphatic rings. The highest BCUT2D eigenvalue weighted by Gasteiger charge is 2.45. The smallest absolute Gasteiger partial charge is 0.274 e. The van der Waals surface area contributed by atoms with Crippen LogP contribution in [0.2, 0.25) is 0 Å². The van der Waals surface area contributed by atoms with Crippen LogP contribution in [0.3, 0.4) is 0 Å². The predicted octanol–water partition coefficient (Wildman–Crippen LogP) is 2.35. The Morgan fingerprint density at radius 1 is 0.827 bits per heavy atom. The monoisotopic (exact) mass is 712 g/mol. The molecule has 15 nitrogen and oxygen atoms in total. The summed E-state index contributed by atoms with van der Waals surface area (Å²) in [5.74, 6) is -2.65. The van der Waals surface area contributed by atoms with Crippen molar-refractivity contribution >= 4 is 47.0 Å². The number of amides is 7. The van der Waals surface area contributed by atoms with Gasteiger partial charge in [-0.1, -0.05) is 24.3 Å². The van der Waals surface area contributed by atoms with E-state index in [-0.39, 0.29) is 41.3 Å². The number of ether oxygens (including phenoxy) is 1. The van der Waals surface area contributed by atoms with Crippen LogP contribution < -0.4 is 31.5 Å². The Bertz CT molecular complexity index is 1850. The molecule has 15 heteroatoms. The van der Waals surface area contributed by atoms with Crippen molar-refractivity contribution in [1.82, 2.24) is 26.3 Å². The zero-order chi connectivity index (χ0) is 37.0. The number of carbonyl (C=O) groups excluding carboxylic acids is 7. The number of carbonyl (C=O) groups is 7. The number of piperidine rings is 1. The summed E-state index contributed by atoms with van der Waals surface area (Å²) in [4.78, 5) is 87.3. The summed E-state index contributed by atoms with van der Waals surface area (Å²) in [7, 11) is 0. The second-order valence-corrected chi connectivity index (χ2v) is 12.3. The molecule has 272 valence electrons. The van der Waals surface area contributed by atoms with E-state index in [1.165, 1.54) is 18.2 Å². The summed E-state index contributed by atoms with van der Waals surface area (Å²) in [6.07, 6.45) is 2.97. The highest BCUT2D eigenvalue weighted by molar-refractivity contribution is 6.25. The summed E-state index contributed by atoms with van der Waals surface area (Å²) in [6.45, 7) is 1.68. The first-order valence-corrected chi connectivity index (χ1v) is 17.1. The van der Waals surface area contributed by atoms with E-state index in [9.17, 15) is 33.6 Å². The lowest BCUT2D eigenvalue weighted by Gasteiger charge is -2.27. The summed E-state index contributed by atoms with van der Waals surface area (Å²) in [5, 5.41) is 19.8. The van der Waals surface area contributed by atoms with Crippen LogP contribution in [0.5, 0.6) is 5.75 Å². The Morgan fingerprint density at radius 2 is 1.58 bits per heavy atom. The van der Waals surface area contributed by atoms with Crippen LogP contribution in [0.15, 0.2) is 66.7 Å². The minimum absolute atomic E-state index is 0.0486. The van der Waals surface area contributed by atoms with Gasteiger partial charge in [-0.2, -0.15) is 0 Å². The number of nitrogens with zero attached hydrogens (tertiary/aromatic N) is 1. The molecule has 1 saturated heterocycles. The van der Waals surface area contributed by atoms with Gasteiger partial charge >= 0.3 is 0 Å². The maximum atomic E-state index is 13.2. The van der Waals surface area contributed by atoms with Gasteiger partial charge in [0.25, 0.3) is 23.6 Å². The van der Waals surface area contributed by atoms with Crippen LogP contribution >= 0.6 is 0 Å². The predicted molar refractivity (Wildman–Crippen MR) is 187 cm³/mol. The lowest BCUT2D eigenvalue weighted by Crippen LogP contribution is -2.54. The summed E-state index contributed by atoms with van der Waals surface area (Å²) < 4.78 is 5.79. The summed E-state index contributed by atoms with van der Waals surface area (Å²) >= 11 is 0. The Morgan fingerprint density at radius 3 is 2.33 bits per heavy atom. The molecule has 0 radical (unpaired) electrons. The van der Waals surface area contributed by atoms with Gasteiger partial charge in [-0.3, -0.25) is 49.0 Å². The molecule has 0 aliphatic carbocycles. The zero-order valence-electron chi connectivity index (χ0n) is 28.4.